The Bertz CT molecular complexity index is 2880. The lowest BCUT2D eigenvalue weighted by atomic mass is 9.49. The number of ether oxygens (including phenoxy) is 13. The minimum atomic E-state index is -1.84. The molecule has 2 bridgehead atoms. The molecule has 522 valence electrons. The highest BCUT2D eigenvalue weighted by Crippen LogP contribution is 2.61. The number of hydrogen-bond donors (Lipinski definition) is 7. The van der Waals surface area contributed by atoms with Gasteiger partial charge in [0.05, 0.1) is 87.3 Å². The van der Waals surface area contributed by atoms with Crippen molar-refractivity contribution in [1.82, 2.24) is 5.32 Å². The predicted molar refractivity (Wildman–Crippen MR) is 327 cm³/mol. The topological polar surface area (TPSA) is 348 Å². The second kappa shape index (κ2) is 28.3. The Hall–Kier alpha value is -4.33. The van der Waals surface area contributed by atoms with Crippen molar-refractivity contribution in [1.29, 1.82) is 0 Å². The van der Waals surface area contributed by atoms with Crippen LogP contribution in [0, 0.1) is 57.0 Å². The van der Waals surface area contributed by atoms with E-state index in [2.05, 4.69) is 25.2 Å². The Morgan fingerprint density at radius 1 is 0.688 bits per heavy atom. The number of amides is 1. The second-order valence-electron chi connectivity index (χ2n) is 28.6. The van der Waals surface area contributed by atoms with Crippen molar-refractivity contribution in [2.75, 3.05) is 20.8 Å². The van der Waals surface area contributed by atoms with Crippen molar-refractivity contribution < 1.29 is 112 Å². The van der Waals surface area contributed by atoms with Gasteiger partial charge in [-0.25, -0.2) is 9.59 Å². The van der Waals surface area contributed by atoms with Gasteiger partial charge in [-0.05, 0) is 96.1 Å². The van der Waals surface area contributed by atoms with Gasteiger partial charge in [-0.15, -0.1) is 0 Å². The molecule has 0 aromatic carbocycles. The molecule has 2 unspecified atom stereocenters. The first-order chi connectivity index (χ1) is 43.9. The highest BCUT2D eigenvalue weighted by Gasteiger charge is 2.64. The molecule has 4 aliphatic carbocycles. The van der Waals surface area contributed by atoms with Crippen molar-refractivity contribution >= 4 is 17.8 Å². The summed E-state index contributed by atoms with van der Waals surface area (Å²) in [6.07, 6.45) is -8.05. The summed E-state index contributed by atoms with van der Waals surface area (Å²) in [5.41, 5.74) is -3.49. The zero-order valence-electron chi connectivity index (χ0n) is 55.9. The van der Waals surface area contributed by atoms with Gasteiger partial charge in [0.1, 0.15) is 41.8 Å². The van der Waals surface area contributed by atoms with Gasteiger partial charge in [0.25, 0.3) is 0 Å². The van der Waals surface area contributed by atoms with Crippen LogP contribution in [0.3, 0.4) is 0 Å². The van der Waals surface area contributed by atoms with Gasteiger partial charge >= 0.3 is 12.1 Å². The lowest BCUT2D eigenvalue weighted by Crippen LogP contribution is -2.65. The molecule has 1 amide bonds. The maximum atomic E-state index is 15.7. The van der Waals surface area contributed by atoms with Crippen molar-refractivity contribution in [2.45, 2.75) is 275 Å². The van der Waals surface area contributed by atoms with E-state index in [1.54, 1.807) is 53.7 Å². The lowest BCUT2D eigenvalue weighted by Gasteiger charge is -2.56. The molecule has 1 spiro atoms. The number of hydrogen-bond acceptors (Lipinski definition) is 24. The van der Waals surface area contributed by atoms with Crippen LogP contribution in [-0.2, 0) is 71.2 Å². The Morgan fingerprint density at radius 2 is 1.28 bits per heavy atom. The number of methoxy groups -OCH3 is 2. The molecule has 1 saturated carbocycles. The molecule has 26 heteroatoms. The van der Waals surface area contributed by atoms with E-state index in [0.29, 0.717) is 17.6 Å². The Morgan fingerprint density at radius 3 is 1.92 bits per heavy atom. The van der Waals surface area contributed by atoms with Crippen LogP contribution in [0.5, 0.6) is 0 Å². The zero-order valence-corrected chi connectivity index (χ0v) is 55.9. The number of nitro groups is 1. The molecule has 7 N–H and O–H groups in total. The van der Waals surface area contributed by atoms with Crippen LogP contribution in [0.2, 0.25) is 0 Å². The number of rotatable bonds is 14. The minimum Gasteiger partial charge on any atom is -0.511 e. The lowest BCUT2D eigenvalue weighted by molar-refractivity contribution is -0.584. The molecule has 6 aliphatic heterocycles. The normalized spacial score (nSPS) is 49.9. The first-order valence-electron chi connectivity index (χ1n) is 33.2. The van der Waals surface area contributed by atoms with Crippen LogP contribution in [0.4, 0.5) is 4.79 Å². The van der Waals surface area contributed by atoms with Crippen molar-refractivity contribution in [3.63, 3.8) is 0 Å². The van der Waals surface area contributed by atoms with E-state index >= 15 is 4.79 Å². The Labute approximate surface area is 543 Å². The SMILES string of the molecule is COC(=O)N[C@@H]1[C@H](C)O[C@H](O[C@H]2C/C=C(\C)[C@H]3C=CC4C([C@@H](C)C[C@H](C)[C@@H]4O[C@@H]4C[C@H](O[C@@H]5C[C@H](O[C@H]6C[C@@H](O)[C@@H](O)[C@H](C)O6)[C@H](O[C@H]6C[C@H](O)[C@H](OC)[C@@H](C)O6)[C@@H](C)O5)[C@H](O)[C@@H](C)O4)[C@]3(C)/C(O)=C3\C(=O)O[C@]4(C[C@@H](C)C(CO)=C[C@H]4/C=C/2C)C3=O)C[C@@]1(C)[N+](=O)[O-]. The monoisotopic (exact) mass is 1320 g/mol. The molecule has 26 nitrogen and oxygen atoms in total. The summed E-state index contributed by atoms with van der Waals surface area (Å²) in [5.74, 6) is -5.33. The smallest absolute Gasteiger partial charge is 0.407 e. The number of nitrogens with zero attached hydrogens (tertiary/aromatic N) is 1. The molecule has 0 aromatic rings. The summed E-state index contributed by atoms with van der Waals surface area (Å²) in [4.78, 5) is 55.4. The fraction of sp³-hybridized carbons (Fsp3) is 0.806. The predicted octanol–water partition coefficient (Wildman–Crippen LogP) is 5.45. The molecule has 31 atom stereocenters. The van der Waals surface area contributed by atoms with Crippen LogP contribution in [-0.4, -0.2) is 214 Å². The van der Waals surface area contributed by atoms with Crippen LogP contribution < -0.4 is 5.32 Å². The van der Waals surface area contributed by atoms with Gasteiger partial charge in [-0.2, -0.15) is 0 Å². The Balaban J connectivity index is 0.943. The number of fused-ring (bicyclic) bond motifs is 4. The second-order valence-corrected chi connectivity index (χ2v) is 28.6. The average Bonchev–Trinajstić information content (AvgIpc) is 1.67. The maximum Gasteiger partial charge on any atom is 0.407 e. The maximum absolute atomic E-state index is 15.7. The number of allylic oxidation sites excluding steroid dienone is 3. The van der Waals surface area contributed by atoms with E-state index in [1.165, 1.54) is 14.0 Å². The van der Waals surface area contributed by atoms with E-state index in [-0.39, 0.29) is 63.4 Å². The van der Waals surface area contributed by atoms with Crippen LogP contribution in [0.15, 0.2) is 58.4 Å². The van der Waals surface area contributed by atoms with Crippen molar-refractivity contribution in [2.24, 2.45) is 46.8 Å². The van der Waals surface area contributed by atoms with E-state index in [0.717, 1.165) is 12.7 Å². The Kier molecular flexibility index (Phi) is 21.7. The van der Waals surface area contributed by atoms with Gasteiger partial charge < -0.3 is 97.5 Å². The standard InChI is InChI=1S/C67H100N2O24/c1-29-15-18-45(88-52-27-65(11,69(79)80)60(38(10)87-52)68-64(78)82-14)30(2)20-40-21-39(28-70)33(5)26-67(40)62(76)53(63(77)93-67)61(75)66(12)42(29)17-16-41-54(66)31(3)19-32(4)57(41)91-51-24-46(56(74)35(7)84-51)89-50-25-47(90-48-22-43(71)55(73)34(6)83-48)59(37(9)86-50)92-49-23-44(72)58(81-13)36(8)85-49/h15-17,20-21,31-38,40-52,54-60,70-75H,18-19,22-28H2,1-14H3,(H,68,78)/b29-15+,30-20+,61-53+/t31-,32-,33+,34-,35+,36+,37+,38-,40+,41?,42+,43+,44-,45-,46-,47-,48-,49-,50+,51+,52+,54?,55-,56+,57-,58+,59+,60+,65+,66+,67-/m0/s1. The number of nitrogens with one attached hydrogen (secondary N) is 1. The number of ketones is 1. The first kappa shape index (κ1) is 71.4. The summed E-state index contributed by atoms with van der Waals surface area (Å²) < 4.78 is 82.0. The number of carbonyl (C=O) groups is 3. The van der Waals surface area contributed by atoms with Crippen LogP contribution in [0.25, 0.3) is 0 Å². The molecule has 0 aromatic heterocycles. The molecule has 6 heterocycles. The van der Waals surface area contributed by atoms with Crippen molar-refractivity contribution in [3.8, 4) is 0 Å². The van der Waals surface area contributed by atoms with Gasteiger partial charge in [0.2, 0.25) is 11.3 Å². The number of alkyl carbamates (subject to hydrolysis) is 1. The van der Waals surface area contributed by atoms with Gasteiger partial charge in [-0.3, -0.25) is 14.9 Å². The van der Waals surface area contributed by atoms with Gasteiger partial charge in [0.15, 0.2) is 37.1 Å². The summed E-state index contributed by atoms with van der Waals surface area (Å²) in [7, 11) is 2.66. The third-order valence-electron chi connectivity index (χ3n) is 22.3. The average molecular weight is 1320 g/mol. The summed E-state index contributed by atoms with van der Waals surface area (Å²) in [5, 5.41) is 83.6. The van der Waals surface area contributed by atoms with Crippen LogP contribution >= 0.6 is 0 Å². The summed E-state index contributed by atoms with van der Waals surface area (Å²) in [6.45, 7) is 21.2. The summed E-state index contributed by atoms with van der Waals surface area (Å²) in [6, 6.07) is -1.09. The number of esters is 1. The number of aliphatic hydroxyl groups excluding tert-OH is 6. The van der Waals surface area contributed by atoms with E-state index in [9.17, 15) is 50.3 Å². The molecular weight excluding hydrogens is 1220 g/mol. The minimum absolute atomic E-state index is 0.00999. The van der Waals surface area contributed by atoms with E-state index in [4.69, 9.17) is 61.6 Å². The first-order valence-corrected chi connectivity index (χ1v) is 33.2. The van der Waals surface area contributed by atoms with Gasteiger partial charge in [-0.1, -0.05) is 63.6 Å². The third-order valence-corrected chi connectivity index (χ3v) is 22.3. The molecule has 6 saturated heterocycles. The van der Waals surface area contributed by atoms with Gasteiger partial charge in [0, 0.05) is 74.2 Å². The number of Topliss-reactive ketones (excluding diaryl/α,β-unsaturated/α-hetero) is 1. The summed E-state index contributed by atoms with van der Waals surface area (Å²) >= 11 is 0. The highest BCUT2D eigenvalue weighted by molar-refractivity contribution is 6.26. The quantitative estimate of drug-likeness (QED) is 0.0373. The highest BCUT2D eigenvalue weighted by atomic mass is 16.8. The zero-order chi connectivity index (χ0) is 67.7. The molecule has 0 radical (unpaired) electrons. The largest absolute Gasteiger partial charge is 0.511 e. The van der Waals surface area contributed by atoms with E-state index < -0.39 is 209 Å². The number of aliphatic hydroxyl groups is 6. The number of carbonyl (C=O) groups excluding carboxylic acids is 3. The molecular formula is C67H100N2O24. The fourth-order valence-electron chi connectivity index (χ4n) is 17.2. The van der Waals surface area contributed by atoms with Crippen molar-refractivity contribution in [3.05, 3.63) is 68.5 Å². The van der Waals surface area contributed by atoms with E-state index in [1.807, 2.05) is 32.9 Å². The molecule has 10 rings (SSSR count). The molecule has 10 aliphatic rings. The fourth-order valence-corrected chi connectivity index (χ4v) is 17.2. The molecule has 93 heavy (non-hydrogen) atoms. The third kappa shape index (κ3) is 13.7. The molecule has 7 fully saturated rings. The van der Waals surface area contributed by atoms with Crippen LogP contribution in [0.1, 0.15) is 134 Å².